The first-order valence-corrected chi connectivity index (χ1v) is 2.96. The molecule has 3 atom stereocenters. The van der Waals surface area contributed by atoms with E-state index in [4.69, 9.17) is 15.3 Å². The second-order valence-corrected chi connectivity index (χ2v) is 2.28. The van der Waals surface area contributed by atoms with Gasteiger partial charge in [-0.15, -0.1) is 0 Å². The van der Waals surface area contributed by atoms with Crippen molar-refractivity contribution in [2.24, 2.45) is 0 Å². The van der Waals surface area contributed by atoms with E-state index in [0.717, 1.165) is 0 Å². The predicted molar refractivity (Wildman–Crippen MR) is 30.9 cm³/mol. The van der Waals surface area contributed by atoms with Crippen molar-refractivity contribution >= 4 is 0 Å². The molecule has 0 bridgehead atoms. The molecule has 4 heteroatoms. The summed E-state index contributed by atoms with van der Waals surface area (Å²) in [5.74, 6) is 0. The standard InChI is InChI=1S/C5H11NO3/c7-3-1-6-2-4(8)5(3)9/h3-9H,1-2H2/t3-,4?,5?/m1/s1. The van der Waals surface area contributed by atoms with Gasteiger partial charge in [-0.05, 0) is 0 Å². The minimum Gasteiger partial charge on any atom is -0.389 e. The Morgan fingerprint density at radius 1 is 1.00 bits per heavy atom. The van der Waals surface area contributed by atoms with Gasteiger partial charge in [0.25, 0.3) is 0 Å². The molecule has 4 N–H and O–H groups in total. The summed E-state index contributed by atoms with van der Waals surface area (Å²) in [6.07, 6.45) is -2.63. The molecule has 0 spiro atoms. The summed E-state index contributed by atoms with van der Waals surface area (Å²) in [5.41, 5.74) is 0. The van der Waals surface area contributed by atoms with E-state index in [9.17, 15) is 0 Å². The summed E-state index contributed by atoms with van der Waals surface area (Å²) in [7, 11) is 0. The second-order valence-electron chi connectivity index (χ2n) is 2.28. The van der Waals surface area contributed by atoms with Gasteiger partial charge in [-0.3, -0.25) is 0 Å². The van der Waals surface area contributed by atoms with Crippen molar-refractivity contribution in [1.29, 1.82) is 0 Å². The van der Waals surface area contributed by atoms with Crippen LogP contribution in [0.4, 0.5) is 0 Å². The molecule has 1 aliphatic rings. The lowest BCUT2D eigenvalue weighted by atomic mass is 10.0. The summed E-state index contributed by atoms with van der Waals surface area (Å²) in [5, 5.41) is 29.4. The largest absolute Gasteiger partial charge is 0.389 e. The summed E-state index contributed by atoms with van der Waals surface area (Å²) in [6.45, 7) is 0.719. The SMILES string of the molecule is OC1CNC[C@@H](O)C1O. The zero-order valence-electron chi connectivity index (χ0n) is 4.99. The summed E-state index contributed by atoms with van der Waals surface area (Å²) >= 11 is 0. The highest BCUT2D eigenvalue weighted by Crippen LogP contribution is 2.02. The molecule has 1 heterocycles. The first-order chi connectivity index (χ1) is 4.22. The monoisotopic (exact) mass is 133 g/mol. The number of aliphatic hydroxyl groups excluding tert-OH is 3. The number of hydrogen-bond donors (Lipinski definition) is 4. The number of β-amino-alcohol motifs (C(OH)–C–C–N with tert-alkyl or cyclic N) is 2. The van der Waals surface area contributed by atoms with Gasteiger partial charge in [0.05, 0.1) is 12.2 Å². The van der Waals surface area contributed by atoms with E-state index >= 15 is 0 Å². The average Bonchev–Trinajstić information content (AvgIpc) is 1.83. The molecule has 0 aliphatic carbocycles. The fourth-order valence-corrected chi connectivity index (χ4v) is 0.877. The maximum absolute atomic E-state index is 8.91. The van der Waals surface area contributed by atoms with Crippen LogP contribution in [0.1, 0.15) is 0 Å². The van der Waals surface area contributed by atoms with Gasteiger partial charge in [0, 0.05) is 13.1 Å². The summed E-state index contributed by atoms with van der Waals surface area (Å²) in [4.78, 5) is 0. The van der Waals surface area contributed by atoms with Gasteiger partial charge >= 0.3 is 0 Å². The molecule has 0 radical (unpaired) electrons. The molecule has 1 fully saturated rings. The molecular formula is C5H11NO3. The number of hydrogen-bond acceptors (Lipinski definition) is 4. The number of nitrogens with one attached hydrogen (secondary N) is 1. The molecule has 0 saturated carbocycles. The quantitative estimate of drug-likeness (QED) is 0.299. The van der Waals surface area contributed by atoms with E-state index in [2.05, 4.69) is 5.32 Å². The third kappa shape index (κ3) is 1.40. The number of rotatable bonds is 0. The Morgan fingerprint density at radius 2 is 1.44 bits per heavy atom. The van der Waals surface area contributed by atoms with E-state index in [0.29, 0.717) is 13.1 Å². The van der Waals surface area contributed by atoms with Gasteiger partial charge in [-0.25, -0.2) is 0 Å². The summed E-state index contributed by atoms with van der Waals surface area (Å²) < 4.78 is 0. The van der Waals surface area contributed by atoms with E-state index in [1.165, 1.54) is 0 Å². The normalized spacial score (nSPS) is 45.0. The third-order valence-corrected chi connectivity index (χ3v) is 1.50. The molecule has 0 aromatic carbocycles. The Morgan fingerprint density at radius 3 is 1.78 bits per heavy atom. The lowest BCUT2D eigenvalue weighted by Crippen LogP contribution is -2.53. The second kappa shape index (κ2) is 2.62. The predicted octanol–water partition coefficient (Wildman–Crippen LogP) is -2.33. The van der Waals surface area contributed by atoms with Crippen molar-refractivity contribution in [3.8, 4) is 0 Å². The maximum atomic E-state index is 8.91. The Bertz CT molecular complexity index is 88.2. The summed E-state index contributed by atoms with van der Waals surface area (Å²) in [6, 6.07) is 0. The highest BCUT2D eigenvalue weighted by molar-refractivity contribution is 4.83. The fraction of sp³-hybridized carbons (Fsp3) is 1.00. The average molecular weight is 133 g/mol. The number of aliphatic hydroxyl groups is 3. The fourth-order valence-electron chi connectivity index (χ4n) is 0.877. The molecule has 2 unspecified atom stereocenters. The van der Waals surface area contributed by atoms with Crippen LogP contribution in [0.15, 0.2) is 0 Å². The van der Waals surface area contributed by atoms with Crippen LogP contribution >= 0.6 is 0 Å². The molecule has 0 aromatic heterocycles. The van der Waals surface area contributed by atoms with Gasteiger partial charge in [0.15, 0.2) is 0 Å². The minimum atomic E-state index is -0.980. The van der Waals surface area contributed by atoms with Gasteiger partial charge in [0.1, 0.15) is 6.10 Å². The first kappa shape index (κ1) is 6.95. The van der Waals surface area contributed by atoms with E-state index < -0.39 is 18.3 Å². The van der Waals surface area contributed by atoms with E-state index in [-0.39, 0.29) is 0 Å². The third-order valence-electron chi connectivity index (χ3n) is 1.50. The molecule has 1 rings (SSSR count). The van der Waals surface area contributed by atoms with Gasteiger partial charge in [0.2, 0.25) is 0 Å². The molecule has 0 amide bonds. The molecule has 4 nitrogen and oxygen atoms in total. The Hall–Kier alpha value is -0.160. The van der Waals surface area contributed by atoms with Crippen LogP contribution in [0.25, 0.3) is 0 Å². The Labute approximate surface area is 53.1 Å². The Balaban J connectivity index is 2.41. The van der Waals surface area contributed by atoms with Crippen LogP contribution in [-0.2, 0) is 0 Å². The molecule has 9 heavy (non-hydrogen) atoms. The van der Waals surface area contributed by atoms with Gasteiger partial charge in [-0.2, -0.15) is 0 Å². The van der Waals surface area contributed by atoms with Crippen LogP contribution in [-0.4, -0.2) is 46.7 Å². The maximum Gasteiger partial charge on any atom is 0.108 e. The van der Waals surface area contributed by atoms with Crippen molar-refractivity contribution in [2.75, 3.05) is 13.1 Å². The van der Waals surface area contributed by atoms with E-state index in [1.807, 2.05) is 0 Å². The topological polar surface area (TPSA) is 72.7 Å². The van der Waals surface area contributed by atoms with Crippen molar-refractivity contribution in [1.82, 2.24) is 5.32 Å². The molecule has 54 valence electrons. The van der Waals surface area contributed by atoms with Crippen LogP contribution in [0.5, 0.6) is 0 Å². The zero-order valence-corrected chi connectivity index (χ0v) is 4.99. The minimum absolute atomic E-state index is 0.359. The van der Waals surface area contributed by atoms with Gasteiger partial charge in [-0.1, -0.05) is 0 Å². The highest BCUT2D eigenvalue weighted by atomic mass is 16.4. The van der Waals surface area contributed by atoms with Crippen LogP contribution < -0.4 is 5.32 Å². The molecule has 1 saturated heterocycles. The lowest BCUT2D eigenvalue weighted by Gasteiger charge is -2.28. The molecule has 1 aliphatic heterocycles. The Kier molecular flexibility index (Phi) is 2.02. The van der Waals surface area contributed by atoms with Gasteiger partial charge < -0.3 is 20.6 Å². The molecular weight excluding hydrogens is 122 g/mol. The van der Waals surface area contributed by atoms with Crippen LogP contribution in [0, 0.1) is 0 Å². The van der Waals surface area contributed by atoms with Crippen LogP contribution in [0.3, 0.4) is 0 Å². The van der Waals surface area contributed by atoms with Crippen LogP contribution in [0.2, 0.25) is 0 Å². The molecule has 0 aromatic rings. The van der Waals surface area contributed by atoms with Crippen molar-refractivity contribution in [3.63, 3.8) is 0 Å². The zero-order chi connectivity index (χ0) is 6.85. The van der Waals surface area contributed by atoms with Crippen molar-refractivity contribution < 1.29 is 15.3 Å². The van der Waals surface area contributed by atoms with Crippen molar-refractivity contribution in [3.05, 3.63) is 0 Å². The van der Waals surface area contributed by atoms with E-state index in [1.54, 1.807) is 0 Å². The smallest absolute Gasteiger partial charge is 0.108 e. The lowest BCUT2D eigenvalue weighted by molar-refractivity contribution is -0.0750. The number of piperidine rings is 1. The highest BCUT2D eigenvalue weighted by Gasteiger charge is 2.27. The van der Waals surface area contributed by atoms with Crippen molar-refractivity contribution in [2.45, 2.75) is 18.3 Å². The first-order valence-electron chi connectivity index (χ1n) is 2.96.